The van der Waals surface area contributed by atoms with Crippen molar-refractivity contribution in [2.45, 2.75) is 12.8 Å². The minimum absolute atomic E-state index is 0.267. The van der Waals surface area contributed by atoms with Crippen LogP contribution in [0, 0.1) is 0 Å². The van der Waals surface area contributed by atoms with E-state index in [-0.39, 0.29) is 5.92 Å². The number of hydrogen-bond donors (Lipinski definition) is 1. The van der Waals surface area contributed by atoms with Crippen molar-refractivity contribution in [2.75, 3.05) is 0 Å². The fraction of sp³-hybridized carbons (Fsp3) is 0.182. The monoisotopic (exact) mass is 176 g/mol. The van der Waals surface area contributed by atoms with Crippen LogP contribution in [0.15, 0.2) is 36.9 Å². The van der Waals surface area contributed by atoms with Gasteiger partial charge in [0.25, 0.3) is 0 Å². The summed E-state index contributed by atoms with van der Waals surface area (Å²) in [5.41, 5.74) is 1.40. The van der Waals surface area contributed by atoms with Crippen molar-refractivity contribution in [3.63, 3.8) is 0 Å². The van der Waals surface area contributed by atoms with Gasteiger partial charge in [-0.25, -0.2) is 4.79 Å². The van der Waals surface area contributed by atoms with Gasteiger partial charge in [0.05, 0.1) is 5.56 Å². The molecule has 0 radical (unpaired) electrons. The number of carboxylic acids is 1. The molecule has 1 N–H and O–H groups in total. The molecule has 0 fully saturated rings. The molecule has 1 aromatic rings. The van der Waals surface area contributed by atoms with E-state index in [1.807, 2.05) is 25.1 Å². The molecule has 2 nitrogen and oxygen atoms in total. The van der Waals surface area contributed by atoms with Crippen LogP contribution in [-0.2, 0) is 0 Å². The summed E-state index contributed by atoms with van der Waals surface area (Å²) in [4.78, 5) is 10.5. The second kappa shape index (κ2) is 3.90. The molecule has 1 aromatic carbocycles. The van der Waals surface area contributed by atoms with E-state index in [9.17, 15) is 4.79 Å². The Bertz CT molecular complexity index is 311. The molecular weight excluding hydrogens is 164 g/mol. The van der Waals surface area contributed by atoms with Crippen LogP contribution in [-0.4, -0.2) is 11.1 Å². The molecule has 1 atom stereocenters. The standard InChI is InChI=1S/C11H12O2/c1-3-8(2)9-4-6-10(7-5-9)11(12)13/h3-8H,1H2,2H3,(H,12,13). The third kappa shape index (κ3) is 2.18. The molecule has 0 aliphatic rings. The van der Waals surface area contributed by atoms with E-state index < -0.39 is 5.97 Å². The number of allylic oxidation sites excluding steroid dienone is 1. The van der Waals surface area contributed by atoms with E-state index in [0.29, 0.717) is 5.56 Å². The second-order valence-corrected chi connectivity index (χ2v) is 2.95. The van der Waals surface area contributed by atoms with Crippen LogP contribution < -0.4 is 0 Å². The maximum absolute atomic E-state index is 10.5. The molecule has 1 unspecified atom stereocenters. The minimum Gasteiger partial charge on any atom is -0.478 e. The van der Waals surface area contributed by atoms with Gasteiger partial charge in [0.1, 0.15) is 0 Å². The molecule has 0 spiro atoms. The van der Waals surface area contributed by atoms with Crippen molar-refractivity contribution in [3.05, 3.63) is 48.0 Å². The van der Waals surface area contributed by atoms with Crippen LogP contribution in [0.3, 0.4) is 0 Å². The van der Waals surface area contributed by atoms with E-state index in [1.165, 1.54) is 0 Å². The van der Waals surface area contributed by atoms with Gasteiger partial charge in [0, 0.05) is 0 Å². The maximum Gasteiger partial charge on any atom is 0.335 e. The van der Waals surface area contributed by atoms with E-state index in [2.05, 4.69) is 6.58 Å². The Kier molecular flexibility index (Phi) is 2.85. The first-order valence-corrected chi connectivity index (χ1v) is 4.11. The van der Waals surface area contributed by atoms with Crippen molar-refractivity contribution in [3.8, 4) is 0 Å². The van der Waals surface area contributed by atoms with E-state index in [4.69, 9.17) is 5.11 Å². The zero-order valence-electron chi connectivity index (χ0n) is 7.53. The summed E-state index contributed by atoms with van der Waals surface area (Å²) < 4.78 is 0. The summed E-state index contributed by atoms with van der Waals surface area (Å²) in [5, 5.41) is 8.65. The molecule has 0 aromatic heterocycles. The number of hydrogen-bond acceptors (Lipinski definition) is 1. The Labute approximate surface area is 77.5 Å². The van der Waals surface area contributed by atoms with Crippen LogP contribution in [0.2, 0.25) is 0 Å². The lowest BCUT2D eigenvalue weighted by Crippen LogP contribution is -1.96. The molecular formula is C11H12O2. The highest BCUT2D eigenvalue weighted by molar-refractivity contribution is 5.87. The van der Waals surface area contributed by atoms with Crippen LogP contribution in [0.5, 0.6) is 0 Å². The minimum atomic E-state index is -0.891. The van der Waals surface area contributed by atoms with Gasteiger partial charge < -0.3 is 5.11 Å². The highest BCUT2D eigenvalue weighted by Crippen LogP contribution is 2.16. The van der Waals surface area contributed by atoms with Crippen LogP contribution in [0.4, 0.5) is 0 Å². The molecule has 68 valence electrons. The van der Waals surface area contributed by atoms with Gasteiger partial charge in [-0.2, -0.15) is 0 Å². The summed E-state index contributed by atoms with van der Waals surface area (Å²) >= 11 is 0. The number of carboxylic acid groups (broad SMARTS) is 1. The molecule has 0 saturated carbocycles. The summed E-state index contributed by atoms with van der Waals surface area (Å²) in [5.74, 6) is -0.624. The van der Waals surface area contributed by atoms with Gasteiger partial charge in [0.15, 0.2) is 0 Å². The van der Waals surface area contributed by atoms with Gasteiger partial charge in [0.2, 0.25) is 0 Å². The van der Waals surface area contributed by atoms with Gasteiger partial charge in [-0.1, -0.05) is 25.1 Å². The zero-order valence-corrected chi connectivity index (χ0v) is 7.53. The predicted octanol–water partition coefficient (Wildman–Crippen LogP) is 2.67. The number of carbonyl (C=O) groups is 1. The summed E-state index contributed by atoms with van der Waals surface area (Å²) in [6.07, 6.45) is 1.83. The number of aromatic carboxylic acids is 1. The molecule has 0 aliphatic carbocycles. The highest BCUT2D eigenvalue weighted by Gasteiger charge is 2.03. The quantitative estimate of drug-likeness (QED) is 0.719. The topological polar surface area (TPSA) is 37.3 Å². The highest BCUT2D eigenvalue weighted by atomic mass is 16.4. The summed E-state index contributed by atoms with van der Waals surface area (Å²) in [6.45, 7) is 5.69. The molecule has 0 bridgehead atoms. The average molecular weight is 176 g/mol. The molecule has 2 heteroatoms. The van der Waals surface area contributed by atoms with Crippen LogP contribution in [0.25, 0.3) is 0 Å². The third-order valence-corrected chi connectivity index (χ3v) is 2.04. The first-order valence-electron chi connectivity index (χ1n) is 4.11. The lowest BCUT2D eigenvalue weighted by atomic mass is 10.0. The average Bonchev–Trinajstić information content (AvgIpc) is 2.17. The summed E-state index contributed by atoms with van der Waals surface area (Å²) in [6, 6.07) is 6.85. The van der Waals surface area contributed by atoms with Gasteiger partial charge >= 0.3 is 5.97 Å². The Morgan fingerprint density at radius 3 is 2.38 bits per heavy atom. The Morgan fingerprint density at radius 1 is 1.46 bits per heavy atom. The van der Waals surface area contributed by atoms with Crippen LogP contribution >= 0.6 is 0 Å². The zero-order chi connectivity index (χ0) is 9.84. The molecule has 0 saturated heterocycles. The smallest absolute Gasteiger partial charge is 0.335 e. The van der Waals surface area contributed by atoms with Gasteiger partial charge in [-0.15, -0.1) is 6.58 Å². The third-order valence-electron chi connectivity index (χ3n) is 2.04. The van der Waals surface area contributed by atoms with E-state index in [0.717, 1.165) is 5.56 Å². The Morgan fingerprint density at radius 2 is 2.00 bits per heavy atom. The van der Waals surface area contributed by atoms with E-state index >= 15 is 0 Å². The predicted molar refractivity (Wildman–Crippen MR) is 52.0 cm³/mol. The molecule has 0 aliphatic heterocycles. The Hall–Kier alpha value is -1.57. The fourth-order valence-electron chi connectivity index (χ4n) is 1.07. The lowest BCUT2D eigenvalue weighted by Gasteiger charge is -2.05. The SMILES string of the molecule is C=CC(C)c1ccc(C(=O)O)cc1. The van der Waals surface area contributed by atoms with Crippen LogP contribution in [0.1, 0.15) is 28.8 Å². The number of benzene rings is 1. The van der Waals surface area contributed by atoms with Crippen molar-refractivity contribution in [2.24, 2.45) is 0 Å². The van der Waals surface area contributed by atoms with Crippen molar-refractivity contribution in [1.29, 1.82) is 0 Å². The first-order chi connectivity index (χ1) is 6.15. The maximum atomic E-state index is 10.5. The van der Waals surface area contributed by atoms with E-state index in [1.54, 1.807) is 12.1 Å². The molecule has 1 rings (SSSR count). The lowest BCUT2D eigenvalue weighted by molar-refractivity contribution is 0.0697. The number of rotatable bonds is 3. The fourth-order valence-corrected chi connectivity index (χ4v) is 1.07. The first kappa shape index (κ1) is 9.52. The van der Waals surface area contributed by atoms with Gasteiger partial charge in [-0.05, 0) is 23.6 Å². The van der Waals surface area contributed by atoms with Gasteiger partial charge in [-0.3, -0.25) is 0 Å². The van der Waals surface area contributed by atoms with Crippen molar-refractivity contribution >= 4 is 5.97 Å². The normalized spacial score (nSPS) is 12.1. The van der Waals surface area contributed by atoms with Crippen molar-refractivity contribution < 1.29 is 9.90 Å². The molecule has 13 heavy (non-hydrogen) atoms. The van der Waals surface area contributed by atoms with Crippen molar-refractivity contribution in [1.82, 2.24) is 0 Å². The largest absolute Gasteiger partial charge is 0.478 e. The summed E-state index contributed by atoms with van der Waals surface area (Å²) in [7, 11) is 0. The molecule has 0 amide bonds. The second-order valence-electron chi connectivity index (χ2n) is 2.95. The Balaban J connectivity index is 2.93. The molecule has 0 heterocycles.